The molecule has 2 amide bonds. The fraction of sp³-hybridized carbons (Fsp3) is 0.571. The fourth-order valence-electron chi connectivity index (χ4n) is 4.15. The lowest BCUT2D eigenvalue weighted by Crippen LogP contribution is -2.50. The first-order valence-electron chi connectivity index (χ1n) is 9.99. The van der Waals surface area contributed by atoms with Gasteiger partial charge in [0, 0.05) is 26.7 Å². The smallest absolute Gasteiger partial charge is 0.308 e. The predicted octanol–water partition coefficient (Wildman–Crippen LogP) is 1.43. The summed E-state index contributed by atoms with van der Waals surface area (Å²) in [5.74, 6) is -1.57. The normalized spacial score (nSPS) is 22.8. The van der Waals surface area contributed by atoms with Crippen molar-refractivity contribution in [1.29, 1.82) is 0 Å². The van der Waals surface area contributed by atoms with Gasteiger partial charge in [-0.2, -0.15) is 0 Å². The second-order valence-corrected chi connectivity index (χ2v) is 7.83. The van der Waals surface area contributed by atoms with Crippen LogP contribution in [0.5, 0.6) is 0 Å². The Morgan fingerprint density at radius 1 is 1.11 bits per heavy atom. The summed E-state index contributed by atoms with van der Waals surface area (Å²) >= 11 is 0. The zero-order valence-electron chi connectivity index (χ0n) is 16.4. The summed E-state index contributed by atoms with van der Waals surface area (Å²) in [7, 11) is 1.66. The van der Waals surface area contributed by atoms with Gasteiger partial charge >= 0.3 is 5.97 Å². The number of hydrogen-bond acceptors (Lipinski definition) is 4. The average Bonchev–Trinajstić information content (AvgIpc) is 3.16. The van der Waals surface area contributed by atoms with Crippen LogP contribution in [0.15, 0.2) is 30.3 Å². The molecule has 2 fully saturated rings. The number of rotatable bonds is 6. The van der Waals surface area contributed by atoms with E-state index in [9.17, 15) is 19.5 Å². The minimum absolute atomic E-state index is 0.000843. The molecule has 0 radical (unpaired) electrons. The van der Waals surface area contributed by atoms with Crippen LogP contribution >= 0.6 is 0 Å². The second kappa shape index (κ2) is 9.19. The maximum absolute atomic E-state index is 13.0. The molecule has 1 aromatic rings. The van der Waals surface area contributed by atoms with E-state index in [1.54, 1.807) is 11.9 Å². The lowest BCUT2D eigenvalue weighted by Gasteiger charge is -2.33. The van der Waals surface area contributed by atoms with Crippen molar-refractivity contribution < 1.29 is 19.5 Å². The Bertz CT molecular complexity index is 709. The number of piperidine rings is 1. The van der Waals surface area contributed by atoms with Gasteiger partial charge in [0.15, 0.2) is 0 Å². The van der Waals surface area contributed by atoms with Gasteiger partial charge in [-0.1, -0.05) is 30.3 Å². The molecule has 2 aliphatic heterocycles. The van der Waals surface area contributed by atoms with Crippen LogP contribution in [0.1, 0.15) is 31.2 Å². The van der Waals surface area contributed by atoms with Crippen LogP contribution in [0.4, 0.5) is 0 Å². The van der Waals surface area contributed by atoms with Crippen molar-refractivity contribution in [3.63, 3.8) is 0 Å². The Balaban J connectivity index is 1.55. The van der Waals surface area contributed by atoms with Crippen LogP contribution in [0.2, 0.25) is 0 Å². The maximum atomic E-state index is 13.0. The lowest BCUT2D eigenvalue weighted by atomic mass is 9.98. The molecule has 1 N–H and O–H groups in total. The zero-order chi connectivity index (χ0) is 20.1. The van der Waals surface area contributed by atoms with Crippen LogP contribution in [0.3, 0.4) is 0 Å². The monoisotopic (exact) mass is 387 g/mol. The summed E-state index contributed by atoms with van der Waals surface area (Å²) < 4.78 is 0. The number of carboxylic acid groups (broad SMARTS) is 1. The summed E-state index contributed by atoms with van der Waals surface area (Å²) in [5.41, 5.74) is 1.17. The highest BCUT2D eigenvalue weighted by Crippen LogP contribution is 2.22. The molecule has 2 saturated heterocycles. The minimum atomic E-state index is -0.857. The molecule has 2 unspecified atom stereocenters. The van der Waals surface area contributed by atoms with E-state index >= 15 is 0 Å². The number of aliphatic carboxylic acids is 1. The molecule has 1 aromatic carbocycles. The quantitative estimate of drug-likeness (QED) is 0.799. The summed E-state index contributed by atoms with van der Waals surface area (Å²) in [5, 5.41) is 9.19. The van der Waals surface area contributed by atoms with Crippen LogP contribution in [0, 0.1) is 5.92 Å². The van der Waals surface area contributed by atoms with Crippen LogP contribution < -0.4 is 0 Å². The highest BCUT2D eigenvalue weighted by Gasteiger charge is 2.34. The van der Waals surface area contributed by atoms with E-state index in [2.05, 4.69) is 17.0 Å². The number of carbonyl (C=O) groups excluding carboxylic acids is 2. The lowest BCUT2D eigenvalue weighted by molar-refractivity contribution is -0.148. The topological polar surface area (TPSA) is 81.2 Å². The van der Waals surface area contributed by atoms with Gasteiger partial charge in [-0.05, 0) is 37.8 Å². The molecule has 3 rings (SSSR count). The minimum Gasteiger partial charge on any atom is -0.481 e. The third-order valence-corrected chi connectivity index (χ3v) is 5.75. The Hall–Kier alpha value is -2.41. The molecule has 152 valence electrons. The number of carboxylic acids is 1. The summed E-state index contributed by atoms with van der Waals surface area (Å²) in [6, 6.07) is 9.88. The number of likely N-dealkylation sites (tertiary alicyclic amines) is 2. The summed E-state index contributed by atoms with van der Waals surface area (Å²) in [6.45, 7) is 2.40. The van der Waals surface area contributed by atoms with E-state index < -0.39 is 11.9 Å². The third-order valence-electron chi connectivity index (χ3n) is 5.75. The molecular weight excluding hydrogens is 358 g/mol. The molecule has 0 bridgehead atoms. The van der Waals surface area contributed by atoms with Crippen molar-refractivity contribution in [2.24, 2.45) is 5.92 Å². The Morgan fingerprint density at radius 2 is 1.82 bits per heavy atom. The van der Waals surface area contributed by atoms with Crippen molar-refractivity contribution in [2.45, 2.75) is 38.3 Å². The van der Waals surface area contributed by atoms with Gasteiger partial charge in [-0.3, -0.25) is 19.3 Å². The van der Waals surface area contributed by atoms with Crippen molar-refractivity contribution in [2.75, 3.05) is 33.2 Å². The molecule has 0 aromatic heterocycles. The number of benzene rings is 1. The fourth-order valence-corrected chi connectivity index (χ4v) is 4.15. The first kappa shape index (κ1) is 20.3. The van der Waals surface area contributed by atoms with Gasteiger partial charge in [0.25, 0.3) is 0 Å². The van der Waals surface area contributed by atoms with Crippen LogP contribution in [-0.4, -0.2) is 76.9 Å². The van der Waals surface area contributed by atoms with Crippen molar-refractivity contribution in [3.8, 4) is 0 Å². The van der Waals surface area contributed by atoms with E-state index in [1.165, 1.54) is 10.5 Å². The largest absolute Gasteiger partial charge is 0.481 e. The number of carbonyl (C=O) groups is 3. The van der Waals surface area contributed by atoms with Crippen molar-refractivity contribution in [1.82, 2.24) is 14.7 Å². The number of amides is 2. The van der Waals surface area contributed by atoms with Crippen molar-refractivity contribution >= 4 is 17.8 Å². The van der Waals surface area contributed by atoms with Crippen LogP contribution in [0.25, 0.3) is 0 Å². The predicted molar refractivity (Wildman–Crippen MR) is 104 cm³/mol. The van der Waals surface area contributed by atoms with E-state index in [1.807, 2.05) is 18.2 Å². The maximum Gasteiger partial charge on any atom is 0.308 e. The number of hydrogen-bond donors (Lipinski definition) is 1. The van der Waals surface area contributed by atoms with Gasteiger partial charge in [-0.15, -0.1) is 0 Å². The van der Waals surface area contributed by atoms with Crippen LogP contribution in [-0.2, 0) is 20.9 Å². The van der Waals surface area contributed by atoms with Gasteiger partial charge in [0.05, 0.1) is 18.5 Å². The van der Waals surface area contributed by atoms with E-state index in [0.717, 1.165) is 25.9 Å². The standard InChI is InChI=1S/C21H29N3O4/c1-22(15-19(25)24-12-5-9-17(14-24)21(27)28)20(26)18-10-6-11-23(18)13-16-7-3-2-4-8-16/h2-4,7-8,17-18H,5-6,9-15H2,1H3,(H,27,28). The number of nitrogens with zero attached hydrogens (tertiary/aromatic N) is 3. The molecule has 0 saturated carbocycles. The SMILES string of the molecule is CN(CC(=O)N1CCCC(C(=O)O)C1)C(=O)C1CCCN1Cc1ccccc1. The molecule has 2 heterocycles. The number of likely N-dealkylation sites (N-methyl/N-ethyl adjacent to an activating group) is 1. The molecule has 28 heavy (non-hydrogen) atoms. The first-order valence-corrected chi connectivity index (χ1v) is 9.99. The third kappa shape index (κ3) is 4.90. The summed E-state index contributed by atoms with van der Waals surface area (Å²) in [4.78, 5) is 42.0. The molecule has 2 atom stereocenters. The molecule has 0 spiro atoms. The van der Waals surface area contributed by atoms with E-state index in [0.29, 0.717) is 19.4 Å². The van der Waals surface area contributed by atoms with Gasteiger partial charge < -0.3 is 14.9 Å². The molecule has 7 heteroatoms. The Morgan fingerprint density at radius 3 is 2.54 bits per heavy atom. The average molecular weight is 387 g/mol. The van der Waals surface area contributed by atoms with Gasteiger partial charge in [-0.25, -0.2) is 0 Å². The zero-order valence-corrected chi connectivity index (χ0v) is 16.4. The highest BCUT2D eigenvalue weighted by atomic mass is 16.4. The van der Waals surface area contributed by atoms with Crippen molar-refractivity contribution in [3.05, 3.63) is 35.9 Å². The molecule has 7 nitrogen and oxygen atoms in total. The highest BCUT2D eigenvalue weighted by molar-refractivity contribution is 5.87. The summed E-state index contributed by atoms with van der Waals surface area (Å²) in [6.07, 6.45) is 3.06. The van der Waals surface area contributed by atoms with Gasteiger partial charge in [0.2, 0.25) is 11.8 Å². The van der Waals surface area contributed by atoms with Gasteiger partial charge in [0.1, 0.15) is 0 Å². The molecule has 0 aliphatic carbocycles. The Kier molecular flexibility index (Phi) is 6.67. The Labute approximate surface area is 165 Å². The first-order chi connectivity index (χ1) is 13.5. The second-order valence-electron chi connectivity index (χ2n) is 7.83. The molecular formula is C21H29N3O4. The van der Waals surface area contributed by atoms with E-state index in [4.69, 9.17) is 0 Å². The molecule has 2 aliphatic rings. The van der Waals surface area contributed by atoms with E-state index in [-0.39, 0.29) is 30.9 Å².